The van der Waals surface area contributed by atoms with E-state index in [9.17, 15) is 4.79 Å². The number of benzene rings is 3. The molecule has 0 saturated carbocycles. The predicted octanol–water partition coefficient (Wildman–Crippen LogP) is 8.77. The molecule has 1 aromatic heterocycles. The maximum atomic E-state index is 13.2. The predicted molar refractivity (Wildman–Crippen MR) is 138 cm³/mol. The number of carbonyl (C=O) groups excluding carboxylic acids is 1. The van der Waals surface area contributed by atoms with E-state index >= 15 is 0 Å². The standard InChI is InChI=1S/C27H27Br2NO/c1-3-5-9-18(4-2)17-30-25-14-20(28)12-13-21(25)22-15-23(24(29)16-26(22)30)27(31)19-10-7-6-8-11-19/h6-8,10-16,18H,3-5,9,17H2,1-2H3. The van der Waals surface area contributed by atoms with E-state index in [-0.39, 0.29) is 5.78 Å². The SMILES string of the molecule is CCCCC(CC)Cn1c2cc(Br)ccc2c2cc(C(=O)c3ccccc3)c(Br)cc21. The molecule has 0 aliphatic heterocycles. The second kappa shape index (κ2) is 9.70. The average molecular weight is 541 g/mol. The van der Waals surface area contributed by atoms with E-state index in [2.05, 4.69) is 80.6 Å². The lowest BCUT2D eigenvalue weighted by molar-refractivity contribution is 0.103. The van der Waals surface area contributed by atoms with Crippen LogP contribution in [0.2, 0.25) is 0 Å². The van der Waals surface area contributed by atoms with Crippen LogP contribution in [0.15, 0.2) is 69.6 Å². The van der Waals surface area contributed by atoms with Crippen LogP contribution in [-0.4, -0.2) is 10.4 Å². The van der Waals surface area contributed by atoms with Gasteiger partial charge in [0.25, 0.3) is 0 Å². The molecule has 0 fully saturated rings. The van der Waals surface area contributed by atoms with Gasteiger partial charge in [-0.05, 0) is 52.5 Å². The van der Waals surface area contributed by atoms with Gasteiger partial charge >= 0.3 is 0 Å². The van der Waals surface area contributed by atoms with E-state index in [1.165, 1.54) is 42.1 Å². The fourth-order valence-corrected chi connectivity index (χ4v) is 5.24. The van der Waals surface area contributed by atoms with Gasteiger partial charge in [-0.15, -0.1) is 0 Å². The van der Waals surface area contributed by atoms with Gasteiger partial charge in [0.1, 0.15) is 0 Å². The van der Waals surface area contributed by atoms with Crippen LogP contribution in [0.1, 0.15) is 55.5 Å². The number of carbonyl (C=O) groups is 1. The summed E-state index contributed by atoms with van der Waals surface area (Å²) >= 11 is 7.36. The summed E-state index contributed by atoms with van der Waals surface area (Å²) in [6.45, 7) is 5.54. The molecule has 4 aromatic rings. The first-order valence-corrected chi connectivity index (χ1v) is 12.6. The lowest BCUT2D eigenvalue weighted by Crippen LogP contribution is -2.10. The molecule has 4 heteroatoms. The van der Waals surface area contributed by atoms with Crippen LogP contribution in [0, 0.1) is 5.92 Å². The minimum absolute atomic E-state index is 0.0433. The summed E-state index contributed by atoms with van der Waals surface area (Å²) in [4.78, 5) is 13.2. The van der Waals surface area contributed by atoms with Crippen molar-refractivity contribution < 1.29 is 4.79 Å². The average Bonchev–Trinajstić information content (AvgIpc) is 3.07. The molecule has 3 aromatic carbocycles. The molecule has 1 heterocycles. The van der Waals surface area contributed by atoms with E-state index in [1.54, 1.807) is 0 Å². The number of hydrogen-bond donors (Lipinski definition) is 0. The Morgan fingerprint density at radius 1 is 0.935 bits per heavy atom. The molecule has 0 aliphatic carbocycles. The number of nitrogens with zero attached hydrogens (tertiary/aromatic N) is 1. The quantitative estimate of drug-likeness (QED) is 0.205. The summed E-state index contributed by atoms with van der Waals surface area (Å²) in [5.41, 5.74) is 3.81. The normalized spacial score (nSPS) is 12.5. The topological polar surface area (TPSA) is 22.0 Å². The maximum absolute atomic E-state index is 13.2. The highest BCUT2D eigenvalue weighted by Gasteiger charge is 2.19. The second-order valence-corrected chi connectivity index (χ2v) is 10.0. The number of fused-ring (bicyclic) bond motifs is 3. The largest absolute Gasteiger partial charge is 0.340 e. The van der Waals surface area contributed by atoms with Gasteiger partial charge in [0, 0.05) is 37.4 Å². The maximum Gasteiger partial charge on any atom is 0.194 e. The monoisotopic (exact) mass is 539 g/mol. The van der Waals surface area contributed by atoms with Crippen molar-refractivity contribution in [3.8, 4) is 0 Å². The number of halogens is 2. The van der Waals surface area contributed by atoms with Gasteiger partial charge in [-0.1, -0.05) is 85.4 Å². The number of aromatic nitrogens is 1. The van der Waals surface area contributed by atoms with Crippen LogP contribution in [0.5, 0.6) is 0 Å². The Labute approximate surface area is 200 Å². The molecule has 0 saturated heterocycles. The molecule has 4 rings (SSSR count). The summed E-state index contributed by atoms with van der Waals surface area (Å²) in [5.74, 6) is 0.684. The van der Waals surface area contributed by atoms with E-state index in [4.69, 9.17) is 0 Å². The van der Waals surface area contributed by atoms with E-state index in [0.29, 0.717) is 17.0 Å². The Morgan fingerprint density at radius 3 is 2.39 bits per heavy atom. The van der Waals surface area contributed by atoms with Crippen LogP contribution >= 0.6 is 31.9 Å². The molecule has 0 amide bonds. The van der Waals surface area contributed by atoms with E-state index in [1.807, 2.05) is 30.3 Å². The van der Waals surface area contributed by atoms with E-state index in [0.717, 1.165) is 20.9 Å². The number of hydrogen-bond acceptors (Lipinski definition) is 1. The molecule has 0 N–H and O–H groups in total. The molecule has 1 unspecified atom stereocenters. The summed E-state index contributed by atoms with van der Waals surface area (Å²) in [6, 6.07) is 20.1. The highest BCUT2D eigenvalue weighted by Crippen LogP contribution is 2.36. The fourth-order valence-electron chi connectivity index (χ4n) is 4.38. The zero-order chi connectivity index (χ0) is 22.0. The minimum atomic E-state index is 0.0433. The number of ketones is 1. The lowest BCUT2D eigenvalue weighted by atomic mass is 9.99. The molecule has 0 spiro atoms. The van der Waals surface area contributed by atoms with E-state index < -0.39 is 0 Å². The van der Waals surface area contributed by atoms with Crippen molar-refractivity contribution in [1.82, 2.24) is 4.57 Å². The third-order valence-electron chi connectivity index (χ3n) is 6.18. The first kappa shape index (κ1) is 22.3. The zero-order valence-corrected chi connectivity index (χ0v) is 21.2. The fraction of sp³-hybridized carbons (Fsp3) is 0.296. The molecule has 0 aliphatic rings. The van der Waals surface area contributed by atoms with Crippen LogP contribution in [0.4, 0.5) is 0 Å². The Bertz CT molecular complexity index is 1230. The van der Waals surface area contributed by atoms with Gasteiger partial charge in [-0.25, -0.2) is 0 Å². The van der Waals surface area contributed by atoms with Crippen molar-refractivity contribution in [1.29, 1.82) is 0 Å². The van der Waals surface area contributed by atoms with Crippen LogP contribution in [-0.2, 0) is 6.54 Å². The molecule has 0 radical (unpaired) electrons. The molecule has 1 atom stereocenters. The van der Waals surface area contributed by atoms with Crippen LogP contribution < -0.4 is 0 Å². The van der Waals surface area contributed by atoms with Crippen molar-refractivity contribution in [3.63, 3.8) is 0 Å². The van der Waals surface area contributed by atoms with Crippen molar-refractivity contribution in [2.45, 2.75) is 46.1 Å². The zero-order valence-electron chi connectivity index (χ0n) is 18.0. The van der Waals surface area contributed by atoms with Crippen LogP contribution in [0.3, 0.4) is 0 Å². The molecular weight excluding hydrogens is 514 g/mol. The van der Waals surface area contributed by atoms with Crippen molar-refractivity contribution in [2.24, 2.45) is 5.92 Å². The second-order valence-electron chi connectivity index (χ2n) is 8.23. The summed E-state index contributed by atoms with van der Waals surface area (Å²) < 4.78 is 4.37. The Hall–Kier alpha value is -1.91. The molecular formula is C27H27Br2NO. The van der Waals surface area contributed by atoms with Crippen molar-refractivity contribution >= 4 is 59.4 Å². The minimum Gasteiger partial charge on any atom is -0.340 e. The molecule has 2 nitrogen and oxygen atoms in total. The lowest BCUT2D eigenvalue weighted by Gasteiger charge is -2.17. The van der Waals surface area contributed by atoms with Gasteiger partial charge in [-0.3, -0.25) is 4.79 Å². The molecule has 160 valence electrons. The Kier molecular flexibility index (Phi) is 6.98. The Morgan fingerprint density at radius 2 is 1.68 bits per heavy atom. The third kappa shape index (κ3) is 4.51. The molecule has 31 heavy (non-hydrogen) atoms. The number of unbranched alkanes of at least 4 members (excludes halogenated alkanes) is 1. The van der Waals surface area contributed by atoms with Gasteiger partial charge in [0.05, 0.1) is 11.0 Å². The third-order valence-corrected chi connectivity index (χ3v) is 7.33. The van der Waals surface area contributed by atoms with Gasteiger partial charge in [-0.2, -0.15) is 0 Å². The highest BCUT2D eigenvalue weighted by atomic mass is 79.9. The summed E-state index contributed by atoms with van der Waals surface area (Å²) in [7, 11) is 0. The van der Waals surface area contributed by atoms with Crippen molar-refractivity contribution in [2.75, 3.05) is 0 Å². The van der Waals surface area contributed by atoms with Crippen LogP contribution in [0.25, 0.3) is 21.8 Å². The summed E-state index contributed by atoms with van der Waals surface area (Å²) in [5, 5.41) is 2.33. The first-order chi connectivity index (χ1) is 15.0. The van der Waals surface area contributed by atoms with Gasteiger partial charge < -0.3 is 4.57 Å². The van der Waals surface area contributed by atoms with Gasteiger partial charge in [0.2, 0.25) is 0 Å². The summed E-state index contributed by atoms with van der Waals surface area (Å²) in [6.07, 6.45) is 4.90. The smallest absolute Gasteiger partial charge is 0.194 e. The highest BCUT2D eigenvalue weighted by molar-refractivity contribution is 9.10. The molecule has 0 bridgehead atoms. The van der Waals surface area contributed by atoms with Crippen molar-refractivity contribution in [3.05, 3.63) is 80.7 Å². The Balaban J connectivity index is 1.88. The number of rotatable bonds is 8. The first-order valence-electron chi connectivity index (χ1n) is 11.0. The van der Waals surface area contributed by atoms with Gasteiger partial charge in [0.15, 0.2) is 5.78 Å².